The maximum atomic E-state index is 12.0. The van der Waals surface area contributed by atoms with Gasteiger partial charge in [-0.1, -0.05) is 26.7 Å². The van der Waals surface area contributed by atoms with Crippen LogP contribution in [0.1, 0.15) is 26.7 Å². The molecule has 2 rings (SSSR count). The molecular formula is C15H29N3O2. The fourth-order valence-electron chi connectivity index (χ4n) is 3.16. The Labute approximate surface area is 122 Å². The zero-order chi connectivity index (χ0) is 14.4. The highest BCUT2D eigenvalue weighted by molar-refractivity contribution is 5.80. The smallest absolute Gasteiger partial charge is 0.225 e. The number of hydrogen-bond donors (Lipinski definition) is 2. The second-order valence-corrected chi connectivity index (χ2v) is 5.89. The third kappa shape index (κ3) is 3.93. The van der Waals surface area contributed by atoms with Crippen molar-refractivity contribution in [2.45, 2.75) is 32.7 Å². The second-order valence-electron chi connectivity index (χ2n) is 5.89. The van der Waals surface area contributed by atoms with Crippen molar-refractivity contribution in [1.29, 1.82) is 0 Å². The number of morpholine rings is 1. The fourth-order valence-corrected chi connectivity index (χ4v) is 3.16. The summed E-state index contributed by atoms with van der Waals surface area (Å²) in [7, 11) is 0. The second kappa shape index (κ2) is 7.96. The lowest BCUT2D eigenvalue weighted by molar-refractivity contribution is -0.126. The van der Waals surface area contributed by atoms with E-state index in [2.05, 4.69) is 29.4 Å². The topological polar surface area (TPSA) is 53.6 Å². The van der Waals surface area contributed by atoms with Crippen molar-refractivity contribution in [3.8, 4) is 0 Å². The molecule has 2 fully saturated rings. The molecule has 0 aromatic heterocycles. The summed E-state index contributed by atoms with van der Waals surface area (Å²) in [4.78, 5) is 14.5. The van der Waals surface area contributed by atoms with E-state index in [4.69, 9.17) is 4.74 Å². The lowest BCUT2D eigenvalue weighted by Gasteiger charge is -2.39. The largest absolute Gasteiger partial charge is 0.379 e. The molecule has 0 bridgehead atoms. The van der Waals surface area contributed by atoms with Crippen molar-refractivity contribution >= 4 is 5.91 Å². The van der Waals surface area contributed by atoms with Gasteiger partial charge >= 0.3 is 0 Å². The molecule has 1 unspecified atom stereocenters. The van der Waals surface area contributed by atoms with Crippen LogP contribution in [0.5, 0.6) is 0 Å². The molecule has 1 amide bonds. The average Bonchev–Trinajstić information content (AvgIpc) is 2.42. The zero-order valence-electron chi connectivity index (χ0n) is 12.9. The number of nitrogens with one attached hydrogen (secondary N) is 2. The van der Waals surface area contributed by atoms with Crippen molar-refractivity contribution in [3.63, 3.8) is 0 Å². The molecule has 0 aromatic carbocycles. The van der Waals surface area contributed by atoms with Crippen LogP contribution in [0.2, 0.25) is 0 Å². The number of nitrogens with zero attached hydrogens (tertiary/aromatic N) is 1. The van der Waals surface area contributed by atoms with Crippen molar-refractivity contribution in [2.75, 3.05) is 45.9 Å². The molecule has 0 aliphatic carbocycles. The van der Waals surface area contributed by atoms with E-state index in [1.165, 1.54) is 12.8 Å². The number of ether oxygens (including phenoxy) is 1. The predicted molar refractivity (Wildman–Crippen MR) is 79.6 cm³/mol. The van der Waals surface area contributed by atoms with Crippen LogP contribution in [0, 0.1) is 11.8 Å². The van der Waals surface area contributed by atoms with Gasteiger partial charge in [0.1, 0.15) is 0 Å². The summed E-state index contributed by atoms with van der Waals surface area (Å²) >= 11 is 0. The predicted octanol–water partition coefficient (Wildman–Crippen LogP) is 0.459. The minimum Gasteiger partial charge on any atom is -0.379 e. The van der Waals surface area contributed by atoms with Gasteiger partial charge in [-0.3, -0.25) is 9.69 Å². The molecule has 2 saturated heterocycles. The summed E-state index contributed by atoms with van der Waals surface area (Å²) < 4.78 is 5.45. The van der Waals surface area contributed by atoms with Gasteiger partial charge in [-0.2, -0.15) is 0 Å². The number of carbonyl (C=O) groups is 1. The first-order valence-corrected chi connectivity index (χ1v) is 8.06. The molecule has 0 spiro atoms. The maximum absolute atomic E-state index is 12.0. The molecule has 1 atom stereocenters. The molecule has 0 radical (unpaired) electrons. The zero-order valence-corrected chi connectivity index (χ0v) is 12.9. The van der Waals surface area contributed by atoms with E-state index in [-0.39, 0.29) is 11.8 Å². The summed E-state index contributed by atoms with van der Waals surface area (Å²) in [5.74, 6) is 1.04. The van der Waals surface area contributed by atoms with Gasteiger partial charge in [0.05, 0.1) is 19.1 Å². The van der Waals surface area contributed by atoms with E-state index in [0.29, 0.717) is 12.0 Å². The number of hydrogen-bond acceptors (Lipinski definition) is 4. The molecule has 0 saturated carbocycles. The Kier molecular flexibility index (Phi) is 6.26. The Morgan fingerprint density at radius 2 is 1.95 bits per heavy atom. The van der Waals surface area contributed by atoms with Crippen LogP contribution in [-0.2, 0) is 9.53 Å². The summed E-state index contributed by atoms with van der Waals surface area (Å²) in [6.07, 6.45) is 2.33. The van der Waals surface area contributed by atoms with E-state index in [1.807, 2.05) is 0 Å². The van der Waals surface area contributed by atoms with E-state index < -0.39 is 0 Å². The van der Waals surface area contributed by atoms with Gasteiger partial charge in [-0.15, -0.1) is 0 Å². The molecule has 0 aromatic rings. The van der Waals surface area contributed by atoms with Gasteiger partial charge in [-0.05, 0) is 5.92 Å². The average molecular weight is 283 g/mol. The SMILES string of the molecule is CCC(CC)C(CNC(=O)C1CNC1)N1CCOCC1. The molecular weight excluding hydrogens is 254 g/mol. The maximum Gasteiger partial charge on any atom is 0.225 e. The van der Waals surface area contributed by atoms with Crippen LogP contribution in [0.25, 0.3) is 0 Å². The molecule has 20 heavy (non-hydrogen) atoms. The van der Waals surface area contributed by atoms with Crippen LogP contribution in [0.3, 0.4) is 0 Å². The molecule has 2 N–H and O–H groups in total. The molecule has 5 nitrogen and oxygen atoms in total. The lowest BCUT2D eigenvalue weighted by atomic mass is 9.92. The van der Waals surface area contributed by atoms with Crippen molar-refractivity contribution in [2.24, 2.45) is 11.8 Å². The van der Waals surface area contributed by atoms with Gasteiger partial charge in [0.25, 0.3) is 0 Å². The summed E-state index contributed by atoms with van der Waals surface area (Å²) in [5.41, 5.74) is 0. The third-order valence-corrected chi connectivity index (χ3v) is 4.75. The van der Waals surface area contributed by atoms with E-state index in [0.717, 1.165) is 45.9 Å². The van der Waals surface area contributed by atoms with Crippen molar-refractivity contribution in [1.82, 2.24) is 15.5 Å². The van der Waals surface area contributed by atoms with Gasteiger partial charge in [-0.25, -0.2) is 0 Å². The Balaban J connectivity index is 1.88. The van der Waals surface area contributed by atoms with Crippen molar-refractivity contribution in [3.05, 3.63) is 0 Å². The summed E-state index contributed by atoms with van der Waals surface area (Å²) in [6, 6.07) is 0.450. The first-order valence-electron chi connectivity index (χ1n) is 8.06. The first-order chi connectivity index (χ1) is 9.76. The van der Waals surface area contributed by atoms with Gasteiger partial charge in [0.2, 0.25) is 5.91 Å². The summed E-state index contributed by atoms with van der Waals surface area (Å²) in [5, 5.41) is 6.32. The van der Waals surface area contributed by atoms with Crippen LogP contribution >= 0.6 is 0 Å². The van der Waals surface area contributed by atoms with Crippen LogP contribution in [0.15, 0.2) is 0 Å². The minimum absolute atomic E-state index is 0.182. The van der Waals surface area contributed by atoms with Crippen molar-refractivity contribution < 1.29 is 9.53 Å². The number of carbonyl (C=O) groups excluding carboxylic acids is 1. The van der Waals surface area contributed by atoms with Gasteiger partial charge in [0, 0.05) is 38.8 Å². The standard InChI is InChI=1S/C15H29N3O2/c1-3-12(4-2)14(18-5-7-20-8-6-18)11-17-15(19)13-9-16-10-13/h12-14,16H,3-11H2,1-2H3,(H,17,19). The Morgan fingerprint density at radius 3 is 2.45 bits per heavy atom. The highest BCUT2D eigenvalue weighted by Gasteiger charge is 2.29. The van der Waals surface area contributed by atoms with Gasteiger partial charge in [0.15, 0.2) is 0 Å². The fraction of sp³-hybridized carbons (Fsp3) is 0.933. The van der Waals surface area contributed by atoms with Gasteiger partial charge < -0.3 is 15.4 Å². The number of amides is 1. The monoisotopic (exact) mass is 283 g/mol. The van der Waals surface area contributed by atoms with Crippen LogP contribution in [-0.4, -0.2) is 62.8 Å². The van der Waals surface area contributed by atoms with Crippen LogP contribution < -0.4 is 10.6 Å². The third-order valence-electron chi connectivity index (χ3n) is 4.75. The Bertz CT molecular complexity index is 297. The molecule has 2 heterocycles. The Hall–Kier alpha value is -0.650. The van der Waals surface area contributed by atoms with E-state index in [9.17, 15) is 4.79 Å². The molecule has 116 valence electrons. The normalized spacial score (nSPS) is 22.6. The summed E-state index contributed by atoms with van der Waals surface area (Å²) in [6.45, 7) is 10.6. The lowest BCUT2D eigenvalue weighted by Crippen LogP contribution is -2.55. The highest BCUT2D eigenvalue weighted by Crippen LogP contribution is 2.19. The van der Waals surface area contributed by atoms with E-state index in [1.54, 1.807) is 0 Å². The highest BCUT2D eigenvalue weighted by atomic mass is 16.5. The first kappa shape index (κ1) is 15.7. The van der Waals surface area contributed by atoms with E-state index >= 15 is 0 Å². The number of rotatable bonds is 7. The van der Waals surface area contributed by atoms with Crippen LogP contribution in [0.4, 0.5) is 0 Å². The molecule has 5 heteroatoms. The Morgan fingerprint density at radius 1 is 1.30 bits per heavy atom. The minimum atomic E-state index is 0.182. The molecule has 2 aliphatic heterocycles. The molecule has 2 aliphatic rings. The quantitative estimate of drug-likeness (QED) is 0.713.